The molecule has 0 saturated heterocycles. The van der Waals surface area contributed by atoms with Gasteiger partial charge in [0.15, 0.2) is 0 Å². The molecule has 3 nitrogen and oxygen atoms in total. The van der Waals surface area contributed by atoms with Crippen molar-refractivity contribution in [1.82, 2.24) is 0 Å². The van der Waals surface area contributed by atoms with Gasteiger partial charge in [-0.3, -0.25) is 0 Å². The van der Waals surface area contributed by atoms with Crippen molar-refractivity contribution in [3.63, 3.8) is 0 Å². The number of rotatable bonds is 6. The average molecular weight is 713 g/mol. The SMILES string of the molecule is COc1c(C(C)(C)C)cc(P(c2cc(C(C)(C)C)c(OC)c(C(C)(C)C)c2)c2ccc3ccccc3c2-c2cc3ccccc3o2)cc1C(C)(C)C. The van der Waals surface area contributed by atoms with Crippen molar-refractivity contribution in [3.8, 4) is 22.8 Å². The molecule has 0 fully saturated rings. The van der Waals surface area contributed by atoms with Gasteiger partial charge in [-0.25, -0.2) is 0 Å². The number of methoxy groups -OCH3 is 2. The zero-order chi connectivity index (χ0) is 38.0. The number of hydrogen-bond acceptors (Lipinski definition) is 3. The first-order chi connectivity index (χ1) is 24.2. The Kier molecular flexibility index (Phi) is 9.72. The van der Waals surface area contributed by atoms with E-state index in [4.69, 9.17) is 13.9 Å². The van der Waals surface area contributed by atoms with Crippen molar-refractivity contribution in [3.05, 3.63) is 113 Å². The Hall–Kier alpha value is -4.07. The Bertz CT molecular complexity index is 2070. The third-order valence-corrected chi connectivity index (χ3v) is 12.5. The van der Waals surface area contributed by atoms with Crippen LogP contribution in [0.1, 0.15) is 105 Å². The van der Waals surface area contributed by atoms with Gasteiger partial charge in [0.2, 0.25) is 0 Å². The lowest BCUT2D eigenvalue weighted by Crippen LogP contribution is -2.29. The van der Waals surface area contributed by atoms with E-state index in [1.807, 2.05) is 20.3 Å². The maximum Gasteiger partial charge on any atom is 0.136 e. The predicted molar refractivity (Wildman–Crippen MR) is 226 cm³/mol. The van der Waals surface area contributed by atoms with E-state index in [1.54, 1.807) is 0 Å². The van der Waals surface area contributed by atoms with Crippen LogP contribution in [0.5, 0.6) is 11.5 Å². The molecule has 0 aliphatic heterocycles. The zero-order valence-electron chi connectivity index (χ0n) is 33.8. The van der Waals surface area contributed by atoms with Gasteiger partial charge in [0, 0.05) is 33.2 Å². The van der Waals surface area contributed by atoms with Crippen molar-refractivity contribution in [2.45, 2.75) is 105 Å². The quantitative estimate of drug-likeness (QED) is 0.161. The van der Waals surface area contributed by atoms with E-state index >= 15 is 0 Å². The van der Waals surface area contributed by atoms with Crippen molar-refractivity contribution in [1.29, 1.82) is 0 Å². The van der Waals surface area contributed by atoms with Gasteiger partial charge in [-0.1, -0.05) is 138 Å². The smallest absolute Gasteiger partial charge is 0.136 e. The molecule has 6 aromatic rings. The molecule has 0 aliphatic rings. The van der Waals surface area contributed by atoms with Crippen LogP contribution in [0.25, 0.3) is 33.1 Å². The molecule has 0 bridgehead atoms. The highest BCUT2D eigenvalue weighted by Crippen LogP contribution is 2.48. The Morgan fingerprint density at radius 3 is 1.33 bits per heavy atom. The maximum atomic E-state index is 6.78. The van der Waals surface area contributed by atoms with Gasteiger partial charge in [-0.2, -0.15) is 0 Å². The van der Waals surface area contributed by atoms with Gasteiger partial charge in [-0.05, 0) is 92.7 Å². The van der Waals surface area contributed by atoms with E-state index in [0.29, 0.717) is 0 Å². The van der Waals surface area contributed by atoms with Crippen LogP contribution >= 0.6 is 7.92 Å². The minimum atomic E-state index is -1.15. The van der Waals surface area contributed by atoms with E-state index in [0.717, 1.165) is 33.8 Å². The molecule has 52 heavy (non-hydrogen) atoms. The Balaban J connectivity index is 1.84. The van der Waals surface area contributed by atoms with E-state index in [-0.39, 0.29) is 21.7 Å². The second-order valence-electron chi connectivity index (χ2n) is 18.3. The molecule has 6 rings (SSSR count). The van der Waals surface area contributed by atoms with Gasteiger partial charge in [0.1, 0.15) is 22.8 Å². The summed E-state index contributed by atoms with van der Waals surface area (Å²) in [6, 6.07) is 33.7. The van der Waals surface area contributed by atoms with E-state index in [9.17, 15) is 0 Å². The Labute approximate surface area is 313 Å². The number of ether oxygens (including phenoxy) is 2. The van der Waals surface area contributed by atoms with E-state index < -0.39 is 7.92 Å². The molecule has 0 N–H and O–H groups in total. The second-order valence-corrected chi connectivity index (χ2v) is 20.5. The lowest BCUT2D eigenvalue weighted by molar-refractivity contribution is 0.381. The number of fused-ring (bicyclic) bond motifs is 2. The summed E-state index contributed by atoms with van der Waals surface area (Å²) >= 11 is 0. The number of benzene rings is 5. The summed E-state index contributed by atoms with van der Waals surface area (Å²) in [6.07, 6.45) is 0. The van der Waals surface area contributed by atoms with E-state index in [2.05, 4.69) is 168 Å². The van der Waals surface area contributed by atoms with Crippen LogP contribution in [0.2, 0.25) is 0 Å². The molecule has 0 radical (unpaired) electrons. The van der Waals surface area contributed by atoms with Crippen LogP contribution in [-0.2, 0) is 21.7 Å². The van der Waals surface area contributed by atoms with Gasteiger partial charge >= 0.3 is 0 Å². The second kappa shape index (κ2) is 13.4. The van der Waals surface area contributed by atoms with Gasteiger partial charge in [-0.15, -0.1) is 0 Å². The maximum absolute atomic E-state index is 6.78. The minimum Gasteiger partial charge on any atom is -0.496 e. The normalized spacial score (nSPS) is 13.0. The largest absolute Gasteiger partial charge is 0.496 e. The predicted octanol–water partition coefficient (Wildman–Crippen LogP) is 12.2. The Morgan fingerprint density at radius 2 is 0.904 bits per heavy atom. The molecule has 5 aromatic carbocycles. The number of para-hydroxylation sites is 1. The summed E-state index contributed by atoms with van der Waals surface area (Å²) < 4.78 is 19.4. The fraction of sp³-hybridized carbons (Fsp3) is 0.375. The highest BCUT2D eigenvalue weighted by atomic mass is 31.1. The molecule has 0 saturated carbocycles. The van der Waals surface area contributed by atoms with Crippen LogP contribution in [0.3, 0.4) is 0 Å². The van der Waals surface area contributed by atoms with E-state index in [1.165, 1.54) is 48.9 Å². The third-order valence-electron chi connectivity index (χ3n) is 10.1. The molecule has 4 heteroatoms. The summed E-state index contributed by atoms with van der Waals surface area (Å²) in [7, 11) is 2.49. The zero-order valence-corrected chi connectivity index (χ0v) is 34.7. The topological polar surface area (TPSA) is 31.6 Å². The lowest BCUT2D eigenvalue weighted by atomic mass is 9.79. The first kappa shape index (κ1) is 37.7. The lowest BCUT2D eigenvalue weighted by Gasteiger charge is -2.34. The average Bonchev–Trinajstić information content (AvgIpc) is 3.49. The van der Waals surface area contributed by atoms with Crippen LogP contribution in [0.4, 0.5) is 0 Å². The van der Waals surface area contributed by atoms with Gasteiger partial charge in [0.05, 0.1) is 14.2 Å². The Morgan fingerprint density at radius 1 is 0.481 bits per heavy atom. The fourth-order valence-electron chi connectivity index (χ4n) is 7.39. The standard InChI is InChI=1S/C48H57O3P/c1-45(2,3)35-26-32(27-36(43(35)49-13)46(4,5)6)52(33-28-37(47(7,8)9)44(50-14)38(29-33)48(10,11)12)41-24-23-30-19-15-17-21-34(30)42(41)40-25-31-20-16-18-22-39(31)51-40/h15-29H,1-14H3. The molecule has 0 aliphatic carbocycles. The molecule has 1 heterocycles. The molecule has 0 unspecified atom stereocenters. The van der Waals surface area contributed by atoms with Crippen molar-refractivity contribution >= 4 is 45.6 Å². The first-order valence-electron chi connectivity index (χ1n) is 18.5. The van der Waals surface area contributed by atoms with Crippen molar-refractivity contribution < 1.29 is 13.9 Å². The van der Waals surface area contributed by atoms with Crippen molar-refractivity contribution in [2.75, 3.05) is 14.2 Å². The number of hydrogen-bond donors (Lipinski definition) is 0. The molecule has 0 atom stereocenters. The highest BCUT2D eigenvalue weighted by molar-refractivity contribution is 7.80. The van der Waals surface area contributed by atoms with Gasteiger partial charge in [0.25, 0.3) is 0 Å². The molecular formula is C48H57O3P. The fourth-order valence-corrected chi connectivity index (χ4v) is 9.96. The molecular weight excluding hydrogens is 655 g/mol. The molecule has 1 aromatic heterocycles. The molecule has 0 amide bonds. The summed E-state index contributed by atoms with van der Waals surface area (Å²) in [5, 5.41) is 7.34. The molecule has 272 valence electrons. The minimum absolute atomic E-state index is 0.152. The highest BCUT2D eigenvalue weighted by Gasteiger charge is 2.34. The summed E-state index contributed by atoms with van der Waals surface area (Å²) in [5.74, 6) is 2.85. The van der Waals surface area contributed by atoms with Crippen LogP contribution < -0.4 is 25.4 Å². The van der Waals surface area contributed by atoms with Crippen LogP contribution in [-0.4, -0.2) is 14.2 Å². The molecule has 0 spiro atoms. The number of furan rings is 1. The van der Waals surface area contributed by atoms with Gasteiger partial charge < -0.3 is 13.9 Å². The van der Waals surface area contributed by atoms with Crippen LogP contribution in [0.15, 0.2) is 95.4 Å². The summed E-state index contributed by atoms with van der Waals surface area (Å²) in [6.45, 7) is 27.5. The van der Waals surface area contributed by atoms with Crippen LogP contribution in [0, 0.1) is 0 Å². The monoisotopic (exact) mass is 712 g/mol. The summed E-state index contributed by atoms with van der Waals surface area (Å²) in [5.41, 5.74) is 6.31. The summed E-state index contributed by atoms with van der Waals surface area (Å²) in [4.78, 5) is 0. The first-order valence-corrected chi connectivity index (χ1v) is 19.8. The van der Waals surface area contributed by atoms with Crippen molar-refractivity contribution in [2.24, 2.45) is 0 Å². The third kappa shape index (κ3) is 7.02.